The number of halogens is 2. The van der Waals surface area contributed by atoms with Crippen LogP contribution in [0.1, 0.15) is 17.3 Å². The zero-order valence-electron chi connectivity index (χ0n) is 14.0. The monoisotopic (exact) mass is 362 g/mol. The van der Waals surface area contributed by atoms with Crippen molar-refractivity contribution in [3.8, 4) is 5.75 Å². The largest absolute Gasteiger partial charge is 0.492 e. The lowest BCUT2D eigenvalue weighted by molar-refractivity contribution is 0.0747. The van der Waals surface area contributed by atoms with Crippen molar-refractivity contribution in [1.29, 1.82) is 0 Å². The minimum absolute atomic E-state index is 0.147. The summed E-state index contributed by atoms with van der Waals surface area (Å²) in [6, 6.07) is 11.8. The van der Waals surface area contributed by atoms with Gasteiger partial charge in [0.15, 0.2) is 0 Å². The Hall–Kier alpha value is -2.27. The van der Waals surface area contributed by atoms with Gasteiger partial charge in [-0.25, -0.2) is 4.39 Å². The van der Waals surface area contributed by atoms with E-state index in [1.807, 2.05) is 31.2 Å². The molecule has 1 aliphatic rings. The van der Waals surface area contributed by atoms with Gasteiger partial charge in [-0.1, -0.05) is 23.7 Å². The van der Waals surface area contributed by atoms with Crippen molar-refractivity contribution >= 4 is 23.2 Å². The highest BCUT2D eigenvalue weighted by molar-refractivity contribution is 6.33. The molecule has 2 aromatic rings. The number of carbonyl (C=O) groups is 1. The number of ether oxygens (including phenoxy) is 1. The Kier molecular flexibility index (Phi) is 5.43. The van der Waals surface area contributed by atoms with Crippen LogP contribution in [-0.4, -0.2) is 43.6 Å². The van der Waals surface area contributed by atoms with E-state index in [4.69, 9.17) is 16.3 Å². The summed E-state index contributed by atoms with van der Waals surface area (Å²) in [7, 11) is 0. The minimum atomic E-state index is -0.445. The predicted octanol–water partition coefficient (Wildman–Crippen LogP) is 3.84. The molecule has 0 spiro atoms. The number of carbonyl (C=O) groups excluding carboxylic acids is 1. The van der Waals surface area contributed by atoms with Gasteiger partial charge in [-0.3, -0.25) is 4.79 Å². The molecule has 1 amide bonds. The summed E-state index contributed by atoms with van der Waals surface area (Å²) in [5, 5.41) is 0.147. The van der Waals surface area contributed by atoms with Crippen LogP contribution >= 0.6 is 11.6 Å². The second kappa shape index (κ2) is 7.74. The number of amides is 1. The third-order valence-corrected chi connectivity index (χ3v) is 4.55. The van der Waals surface area contributed by atoms with Crippen molar-refractivity contribution in [1.82, 2.24) is 4.90 Å². The van der Waals surface area contributed by atoms with E-state index in [9.17, 15) is 9.18 Å². The van der Waals surface area contributed by atoms with Gasteiger partial charge in [0.1, 0.15) is 11.6 Å². The molecule has 132 valence electrons. The number of hydrogen-bond donors (Lipinski definition) is 0. The van der Waals surface area contributed by atoms with Gasteiger partial charge in [0, 0.05) is 26.2 Å². The third-order valence-electron chi connectivity index (χ3n) is 4.23. The van der Waals surface area contributed by atoms with Crippen molar-refractivity contribution in [2.75, 3.05) is 37.7 Å². The van der Waals surface area contributed by atoms with E-state index in [-0.39, 0.29) is 10.9 Å². The first-order valence-corrected chi connectivity index (χ1v) is 8.69. The maximum Gasteiger partial charge on any atom is 0.255 e. The molecule has 1 heterocycles. The normalized spacial score (nSPS) is 14.5. The zero-order valence-corrected chi connectivity index (χ0v) is 14.8. The van der Waals surface area contributed by atoms with E-state index in [1.165, 1.54) is 18.2 Å². The number of hydrogen-bond acceptors (Lipinski definition) is 3. The van der Waals surface area contributed by atoms with Crippen molar-refractivity contribution in [3.63, 3.8) is 0 Å². The molecule has 1 fully saturated rings. The smallest absolute Gasteiger partial charge is 0.255 e. The predicted molar refractivity (Wildman–Crippen MR) is 97.1 cm³/mol. The van der Waals surface area contributed by atoms with Gasteiger partial charge in [-0.05, 0) is 37.3 Å². The number of nitrogens with zero attached hydrogens (tertiary/aromatic N) is 2. The summed E-state index contributed by atoms with van der Waals surface area (Å²) in [5.74, 6) is 0.244. The molecule has 3 rings (SSSR count). The van der Waals surface area contributed by atoms with E-state index in [1.54, 1.807) is 4.90 Å². The lowest BCUT2D eigenvalue weighted by Crippen LogP contribution is -2.49. The standard InChI is InChI=1S/C19H20ClFN2O2/c1-2-25-18-6-4-3-5-17(18)22-9-11-23(12-10-22)19(24)15-8-7-14(21)13-16(15)20/h3-8,13H,2,9-12H2,1H3. The van der Waals surface area contributed by atoms with Crippen LogP contribution in [0, 0.1) is 5.82 Å². The van der Waals surface area contributed by atoms with Crippen LogP contribution < -0.4 is 9.64 Å². The molecule has 0 N–H and O–H groups in total. The number of benzene rings is 2. The summed E-state index contributed by atoms with van der Waals surface area (Å²) in [5.41, 5.74) is 1.38. The van der Waals surface area contributed by atoms with Gasteiger partial charge in [-0.2, -0.15) is 0 Å². The maximum atomic E-state index is 13.2. The van der Waals surface area contributed by atoms with Gasteiger partial charge in [0.05, 0.1) is 22.9 Å². The van der Waals surface area contributed by atoms with E-state index >= 15 is 0 Å². The Morgan fingerprint density at radius 1 is 1.16 bits per heavy atom. The molecule has 0 bridgehead atoms. The Morgan fingerprint density at radius 2 is 1.88 bits per heavy atom. The van der Waals surface area contributed by atoms with Crippen molar-refractivity contribution < 1.29 is 13.9 Å². The number of para-hydroxylation sites is 2. The van der Waals surface area contributed by atoms with E-state index in [0.29, 0.717) is 38.3 Å². The van der Waals surface area contributed by atoms with Crippen LogP contribution in [-0.2, 0) is 0 Å². The van der Waals surface area contributed by atoms with Crippen LogP contribution in [0.3, 0.4) is 0 Å². The quantitative estimate of drug-likeness (QED) is 0.828. The average Bonchev–Trinajstić information content (AvgIpc) is 2.62. The van der Waals surface area contributed by atoms with Crippen molar-refractivity contribution in [2.24, 2.45) is 0 Å². The molecule has 0 aromatic heterocycles. The first-order valence-electron chi connectivity index (χ1n) is 8.31. The molecule has 1 aliphatic heterocycles. The highest BCUT2D eigenvalue weighted by Gasteiger charge is 2.25. The van der Waals surface area contributed by atoms with Gasteiger partial charge in [-0.15, -0.1) is 0 Å². The fraction of sp³-hybridized carbons (Fsp3) is 0.316. The SMILES string of the molecule is CCOc1ccccc1N1CCN(C(=O)c2ccc(F)cc2Cl)CC1. The highest BCUT2D eigenvalue weighted by atomic mass is 35.5. The average molecular weight is 363 g/mol. The summed E-state index contributed by atoms with van der Waals surface area (Å²) in [6.45, 7) is 5.13. The summed E-state index contributed by atoms with van der Waals surface area (Å²) in [4.78, 5) is 16.6. The van der Waals surface area contributed by atoms with Crippen LogP contribution in [0.25, 0.3) is 0 Å². The topological polar surface area (TPSA) is 32.8 Å². The van der Waals surface area contributed by atoms with Gasteiger partial charge in [0.2, 0.25) is 0 Å². The summed E-state index contributed by atoms with van der Waals surface area (Å²) >= 11 is 6.01. The summed E-state index contributed by atoms with van der Waals surface area (Å²) < 4.78 is 18.9. The molecular formula is C19H20ClFN2O2. The van der Waals surface area contributed by atoms with Crippen LogP contribution in [0.5, 0.6) is 5.75 Å². The molecule has 0 atom stereocenters. The molecule has 4 nitrogen and oxygen atoms in total. The highest BCUT2D eigenvalue weighted by Crippen LogP contribution is 2.29. The Balaban J connectivity index is 1.69. The number of piperazine rings is 1. The molecule has 6 heteroatoms. The lowest BCUT2D eigenvalue weighted by Gasteiger charge is -2.36. The van der Waals surface area contributed by atoms with E-state index in [2.05, 4.69) is 4.90 Å². The molecule has 0 unspecified atom stereocenters. The Labute approximate surface area is 151 Å². The van der Waals surface area contributed by atoms with Gasteiger partial charge in [0.25, 0.3) is 5.91 Å². The number of rotatable bonds is 4. The van der Waals surface area contributed by atoms with E-state index in [0.717, 1.165) is 11.4 Å². The molecular weight excluding hydrogens is 343 g/mol. The first-order chi connectivity index (χ1) is 12.1. The van der Waals surface area contributed by atoms with Crippen LogP contribution in [0.2, 0.25) is 5.02 Å². The Morgan fingerprint density at radius 3 is 2.56 bits per heavy atom. The van der Waals surface area contributed by atoms with Crippen molar-refractivity contribution in [2.45, 2.75) is 6.92 Å². The second-order valence-corrected chi connectivity index (χ2v) is 6.21. The van der Waals surface area contributed by atoms with Crippen molar-refractivity contribution in [3.05, 3.63) is 58.9 Å². The van der Waals surface area contributed by atoms with Gasteiger partial charge >= 0.3 is 0 Å². The molecule has 0 saturated carbocycles. The molecule has 0 radical (unpaired) electrons. The molecule has 0 aliphatic carbocycles. The molecule has 25 heavy (non-hydrogen) atoms. The summed E-state index contributed by atoms with van der Waals surface area (Å²) in [6.07, 6.45) is 0. The molecule has 1 saturated heterocycles. The Bertz CT molecular complexity index is 761. The van der Waals surface area contributed by atoms with Crippen LogP contribution in [0.4, 0.5) is 10.1 Å². The number of anilines is 1. The van der Waals surface area contributed by atoms with Gasteiger partial charge < -0.3 is 14.5 Å². The third kappa shape index (κ3) is 3.87. The maximum absolute atomic E-state index is 13.2. The van der Waals surface area contributed by atoms with E-state index < -0.39 is 5.82 Å². The van der Waals surface area contributed by atoms with Crippen LogP contribution in [0.15, 0.2) is 42.5 Å². The fourth-order valence-corrected chi connectivity index (χ4v) is 3.23. The molecule has 2 aromatic carbocycles. The minimum Gasteiger partial charge on any atom is -0.492 e. The zero-order chi connectivity index (χ0) is 17.8. The first kappa shape index (κ1) is 17.5. The lowest BCUT2D eigenvalue weighted by atomic mass is 10.1. The second-order valence-electron chi connectivity index (χ2n) is 5.80. The fourth-order valence-electron chi connectivity index (χ4n) is 2.98.